The average molecular weight is 191 g/mol. The summed E-state index contributed by atoms with van der Waals surface area (Å²) in [6.07, 6.45) is 0. The number of rotatable bonds is 1. The molecule has 72 valence electrons. The zero-order valence-electron chi connectivity index (χ0n) is 7.90. The van der Waals surface area contributed by atoms with E-state index in [2.05, 4.69) is 9.89 Å². The summed E-state index contributed by atoms with van der Waals surface area (Å²) in [4.78, 5) is 11.2. The average Bonchev–Trinajstić information content (AvgIpc) is 2.59. The number of ether oxygens (including phenoxy) is 1. The highest BCUT2D eigenvalue weighted by atomic mass is 16.5. The van der Waals surface area contributed by atoms with Crippen molar-refractivity contribution in [2.75, 3.05) is 7.11 Å². The van der Waals surface area contributed by atoms with Gasteiger partial charge in [0.2, 0.25) is 0 Å². The van der Waals surface area contributed by atoms with Crippen LogP contribution in [0.3, 0.4) is 0 Å². The summed E-state index contributed by atoms with van der Waals surface area (Å²) in [7, 11) is 1.31. The molecule has 2 rings (SSSR count). The topological polar surface area (TPSA) is 52.3 Å². The molecule has 0 saturated carbocycles. The van der Waals surface area contributed by atoms with Gasteiger partial charge in [0.15, 0.2) is 0 Å². The number of fused-ring (bicyclic) bond motifs is 1. The van der Waals surface area contributed by atoms with Crippen molar-refractivity contribution in [3.63, 3.8) is 0 Å². The lowest BCUT2D eigenvalue weighted by Crippen LogP contribution is -1.99. The van der Waals surface area contributed by atoms with Crippen LogP contribution in [0.4, 0.5) is 0 Å². The molecule has 0 atom stereocenters. The maximum absolute atomic E-state index is 11.2. The second-order valence-electron chi connectivity index (χ2n) is 3.02. The molecule has 0 fully saturated rings. The van der Waals surface area contributed by atoms with Crippen LogP contribution in [0.25, 0.3) is 10.9 Å². The van der Waals surface area contributed by atoms with Gasteiger partial charge >= 0.3 is 5.97 Å². The number of hydrogen-bond donors (Lipinski definition) is 0. The van der Waals surface area contributed by atoms with Gasteiger partial charge in [0.25, 0.3) is 5.76 Å². The molecule has 14 heavy (non-hydrogen) atoms. The molecule has 0 aliphatic heterocycles. The molecule has 0 bridgehead atoms. The van der Waals surface area contributed by atoms with Gasteiger partial charge in [-0.3, -0.25) is 0 Å². The monoisotopic (exact) mass is 191 g/mol. The largest absolute Gasteiger partial charge is 0.463 e. The van der Waals surface area contributed by atoms with Crippen molar-refractivity contribution in [1.82, 2.24) is 5.16 Å². The Hall–Kier alpha value is -1.84. The highest BCUT2D eigenvalue weighted by Gasteiger charge is 2.16. The van der Waals surface area contributed by atoms with Crippen LogP contribution in [0.1, 0.15) is 16.1 Å². The van der Waals surface area contributed by atoms with Gasteiger partial charge in [0.1, 0.15) is 5.52 Å². The Bertz CT molecular complexity index is 487. The van der Waals surface area contributed by atoms with Crippen LogP contribution in [0.5, 0.6) is 0 Å². The fourth-order valence-electron chi connectivity index (χ4n) is 1.29. The first-order chi connectivity index (χ1) is 6.72. The van der Waals surface area contributed by atoms with Crippen LogP contribution in [-0.2, 0) is 4.74 Å². The third-order valence-corrected chi connectivity index (χ3v) is 2.00. The van der Waals surface area contributed by atoms with E-state index in [-0.39, 0.29) is 5.76 Å². The van der Waals surface area contributed by atoms with E-state index in [1.54, 1.807) is 6.07 Å². The molecule has 0 radical (unpaired) electrons. The Morgan fingerprint density at radius 2 is 2.29 bits per heavy atom. The summed E-state index contributed by atoms with van der Waals surface area (Å²) >= 11 is 0. The molecule has 0 spiro atoms. The molecule has 4 nitrogen and oxygen atoms in total. The minimum Gasteiger partial charge on any atom is -0.463 e. The summed E-state index contributed by atoms with van der Waals surface area (Å²) in [5.41, 5.74) is 1.74. The van der Waals surface area contributed by atoms with Crippen molar-refractivity contribution in [2.24, 2.45) is 0 Å². The third kappa shape index (κ3) is 1.25. The molecule has 0 N–H and O–H groups in total. The molecular formula is C10H9NO3. The SMILES string of the molecule is COC(=O)c1onc2cc(C)ccc12. The summed E-state index contributed by atoms with van der Waals surface area (Å²) in [5.74, 6) is -0.348. The van der Waals surface area contributed by atoms with Crippen molar-refractivity contribution in [1.29, 1.82) is 0 Å². The maximum Gasteiger partial charge on any atom is 0.377 e. The summed E-state index contributed by atoms with van der Waals surface area (Å²) in [5, 5.41) is 4.46. The van der Waals surface area contributed by atoms with Gasteiger partial charge < -0.3 is 9.26 Å². The Balaban J connectivity index is 2.64. The standard InChI is InChI=1S/C10H9NO3/c1-6-3-4-7-8(5-6)11-14-9(7)10(12)13-2/h3-5H,1-2H3. The molecule has 1 aromatic heterocycles. The zero-order chi connectivity index (χ0) is 10.1. The van der Waals surface area contributed by atoms with E-state index < -0.39 is 5.97 Å². The van der Waals surface area contributed by atoms with Gasteiger partial charge in [-0.25, -0.2) is 4.79 Å². The van der Waals surface area contributed by atoms with Crippen LogP contribution in [0.2, 0.25) is 0 Å². The first-order valence-electron chi connectivity index (χ1n) is 4.16. The number of carbonyl (C=O) groups excluding carboxylic acids is 1. The van der Waals surface area contributed by atoms with Gasteiger partial charge in [-0.2, -0.15) is 0 Å². The molecule has 0 aliphatic rings. The number of carbonyl (C=O) groups is 1. The van der Waals surface area contributed by atoms with Gasteiger partial charge in [0.05, 0.1) is 12.5 Å². The lowest BCUT2D eigenvalue weighted by molar-refractivity contribution is 0.0558. The van der Waals surface area contributed by atoms with E-state index in [9.17, 15) is 4.79 Å². The predicted octanol–water partition coefficient (Wildman–Crippen LogP) is 1.92. The van der Waals surface area contributed by atoms with Gasteiger partial charge in [-0.15, -0.1) is 0 Å². The summed E-state index contributed by atoms with van der Waals surface area (Å²) in [6, 6.07) is 5.55. The highest BCUT2D eigenvalue weighted by molar-refractivity contribution is 6.00. The number of aryl methyl sites for hydroxylation is 1. The predicted molar refractivity (Wildman–Crippen MR) is 50.1 cm³/mol. The molecule has 0 unspecified atom stereocenters. The van der Waals surface area contributed by atoms with Crippen LogP contribution >= 0.6 is 0 Å². The van der Waals surface area contributed by atoms with E-state index >= 15 is 0 Å². The van der Waals surface area contributed by atoms with Crippen molar-refractivity contribution < 1.29 is 14.1 Å². The van der Waals surface area contributed by atoms with Crippen LogP contribution < -0.4 is 0 Å². The summed E-state index contributed by atoms with van der Waals surface area (Å²) in [6.45, 7) is 1.95. The number of methoxy groups -OCH3 is 1. The van der Waals surface area contributed by atoms with E-state index in [0.29, 0.717) is 10.9 Å². The van der Waals surface area contributed by atoms with Crippen molar-refractivity contribution in [3.8, 4) is 0 Å². The molecule has 4 heteroatoms. The normalized spacial score (nSPS) is 10.4. The number of hydrogen-bond acceptors (Lipinski definition) is 4. The van der Waals surface area contributed by atoms with Crippen molar-refractivity contribution in [3.05, 3.63) is 29.5 Å². The second-order valence-corrected chi connectivity index (χ2v) is 3.02. The number of nitrogens with zero attached hydrogens (tertiary/aromatic N) is 1. The van der Waals surface area contributed by atoms with Gasteiger partial charge in [-0.05, 0) is 24.6 Å². The first kappa shape index (κ1) is 8.74. The Morgan fingerprint density at radius 1 is 1.50 bits per heavy atom. The molecule has 2 aromatic rings. The first-order valence-corrected chi connectivity index (χ1v) is 4.16. The zero-order valence-corrected chi connectivity index (χ0v) is 7.90. The van der Waals surface area contributed by atoms with Crippen LogP contribution in [0.15, 0.2) is 22.7 Å². The highest BCUT2D eigenvalue weighted by Crippen LogP contribution is 2.19. The van der Waals surface area contributed by atoms with Crippen molar-refractivity contribution >= 4 is 16.9 Å². The number of aromatic nitrogens is 1. The third-order valence-electron chi connectivity index (χ3n) is 2.00. The Labute approximate surface area is 80.4 Å². The molecule has 1 aromatic carbocycles. The molecular weight excluding hydrogens is 182 g/mol. The van der Waals surface area contributed by atoms with E-state index in [1.807, 2.05) is 19.1 Å². The van der Waals surface area contributed by atoms with Crippen LogP contribution in [-0.4, -0.2) is 18.2 Å². The maximum atomic E-state index is 11.2. The minimum absolute atomic E-state index is 0.155. The quantitative estimate of drug-likeness (QED) is 0.646. The summed E-state index contributed by atoms with van der Waals surface area (Å²) < 4.78 is 9.46. The molecule has 1 heterocycles. The molecule has 0 aliphatic carbocycles. The Morgan fingerprint density at radius 3 is 3.00 bits per heavy atom. The number of esters is 1. The lowest BCUT2D eigenvalue weighted by Gasteiger charge is -1.93. The van der Waals surface area contributed by atoms with E-state index in [0.717, 1.165) is 5.56 Å². The van der Waals surface area contributed by atoms with Gasteiger partial charge in [-0.1, -0.05) is 11.2 Å². The van der Waals surface area contributed by atoms with Crippen molar-refractivity contribution in [2.45, 2.75) is 6.92 Å². The minimum atomic E-state index is -0.503. The van der Waals surface area contributed by atoms with Gasteiger partial charge in [0, 0.05) is 0 Å². The molecule has 0 saturated heterocycles. The number of benzene rings is 1. The second kappa shape index (κ2) is 3.14. The van der Waals surface area contributed by atoms with E-state index in [4.69, 9.17) is 4.52 Å². The fourth-order valence-corrected chi connectivity index (χ4v) is 1.29. The Kier molecular flexibility index (Phi) is 1.96. The fraction of sp³-hybridized carbons (Fsp3) is 0.200. The van der Waals surface area contributed by atoms with E-state index in [1.165, 1.54) is 7.11 Å². The smallest absolute Gasteiger partial charge is 0.377 e. The lowest BCUT2D eigenvalue weighted by atomic mass is 10.1. The molecule has 0 amide bonds. The van der Waals surface area contributed by atoms with Crippen LogP contribution in [0, 0.1) is 6.92 Å².